The summed E-state index contributed by atoms with van der Waals surface area (Å²) in [5.41, 5.74) is 5.58. The van der Waals surface area contributed by atoms with Gasteiger partial charge in [0.05, 0.1) is 10.7 Å². The summed E-state index contributed by atoms with van der Waals surface area (Å²) in [6, 6.07) is 8.89. The average molecular weight is 305 g/mol. The Kier molecular flexibility index (Phi) is 4.12. The Morgan fingerprint density at radius 3 is 2.85 bits per heavy atom. The largest absolute Gasteiger partial charge is 0.271 e. The van der Waals surface area contributed by atoms with E-state index in [2.05, 4.69) is 48.5 Å². The highest BCUT2D eigenvalue weighted by atomic mass is 32.2. The second-order valence-corrected chi connectivity index (χ2v) is 7.76. The van der Waals surface area contributed by atoms with E-state index in [9.17, 15) is 0 Å². The van der Waals surface area contributed by atoms with Crippen LogP contribution in [0.5, 0.6) is 0 Å². The van der Waals surface area contributed by atoms with Gasteiger partial charge in [0, 0.05) is 27.5 Å². The minimum absolute atomic E-state index is 0.261. The Morgan fingerprint density at radius 2 is 2.20 bits per heavy atom. The molecule has 2 atom stereocenters. The molecule has 0 saturated heterocycles. The Morgan fingerprint density at radius 1 is 1.40 bits per heavy atom. The van der Waals surface area contributed by atoms with Crippen molar-refractivity contribution in [3.8, 4) is 0 Å². The van der Waals surface area contributed by atoms with E-state index in [-0.39, 0.29) is 6.04 Å². The first-order valence-electron chi connectivity index (χ1n) is 6.81. The molecule has 20 heavy (non-hydrogen) atoms. The maximum atomic E-state index is 5.79. The molecule has 0 fully saturated rings. The predicted octanol–water partition coefficient (Wildman–Crippen LogP) is 2.85. The second-order valence-electron chi connectivity index (χ2n) is 5.19. The molecule has 1 aromatic carbocycles. The molecule has 2 unspecified atom stereocenters. The molecule has 2 heterocycles. The summed E-state index contributed by atoms with van der Waals surface area (Å²) in [4.78, 5) is 7.33. The number of hydrogen-bond donors (Lipinski definition) is 2. The van der Waals surface area contributed by atoms with E-state index in [1.165, 1.54) is 20.3 Å². The van der Waals surface area contributed by atoms with Crippen LogP contribution in [0.25, 0.3) is 0 Å². The lowest BCUT2D eigenvalue weighted by atomic mass is 10.0. The van der Waals surface area contributed by atoms with Gasteiger partial charge in [-0.2, -0.15) is 0 Å². The minimum Gasteiger partial charge on any atom is -0.271 e. The van der Waals surface area contributed by atoms with Crippen molar-refractivity contribution in [3.63, 3.8) is 0 Å². The predicted molar refractivity (Wildman–Crippen MR) is 86.2 cm³/mol. The topological polar surface area (TPSA) is 50.9 Å². The van der Waals surface area contributed by atoms with Crippen LogP contribution in [-0.2, 0) is 12.8 Å². The smallest absolute Gasteiger partial charge is 0.0947 e. The van der Waals surface area contributed by atoms with Gasteiger partial charge >= 0.3 is 0 Å². The number of nitrogens with zero attached hydrogens (tertiary/aromatic N) is 1. The Labute approximate surface area is 128 Å². The van der Waals surface area contributed by atoms with Crippen molar-refractivity contribution in [3.05, 3.63) is 45.4 Å². The quantitative estimate of drug-likeness (QED) is 0.674. The van der Waals surface area contributed by atoms with Crippen LogP contribution in [0.3, 0.4) is 0 Å². The number of aryl methyl sites for hydroxylation is 2. The molecule has 1 aliphatic rings. The monoisotopic (exact) mass is 305 g/mol. The normalized spacial score (nSPS) is 19.1. The van der Waals surface area contributed by atoms with E-state index < -0.39 is 0 Å². The zero-order chi connectivity index (χ0) is 14.1. The summed E-state index contributed by atoms with van der Waals surface area (Å²) in [6.07, 6.45) is 1.99. The van der Waals surface area contributed by atoms with Crippen molar-refractivity contribution in [2.24, 2.45) is 5.84 Å². The molecule has 1 aromatic heterocycles. The van der Waals surface area contributed by atoms with E-state index in [0.29, 0.717) is 5.25 Å². The van der Waals surface area contributed by atoms with Crippen molar-refractivity contribution in [1.82, 2.24) is 10.4 Å². The lowest BCUT2D eigenvalue weighted by molar-refractivity contribution is 0.505. The third-order valence-corrected chi connectivity index (χ3v) is 6.35. The maximum absolute atomic E-state index is 5.79. The highest BCUT2D eigenvalue weighted by Gasteiger charge is 2.29. The highest BCUT2D eigenvalue weighted by molar-refractivity contribution is 8.00. The van der Waals surface area contributed by atoms with E-state index in [4.69, 9.17) is 5.84 Å². The minimum atomic E-state index is 0.261. The number of hydrogen-bond acceptors (Lipinski definition) is 5. The van der Waals surface area contributed by atoms with Crippen LogP contribution in [0, 0.1) is 13.8 Å². The average Bonchev–Trinajstić information content (AvgIpc) is 3.00. The zero-order valence-corrected chi connectivity index (χ0v) is 13.4. The summed E-state index contributed by atoms with van der Waals surface area (Å²) < 4.78 is 0. The molecule has 5 heteroatoms. The number of thiazole rings is 1. The second kappa shape index (κ2) is 5.85. The van der Waals surface area contributed by atoms with Gasteiger partial charge in [0.25, 0.3) is 0 Å². The Bertz CT molecular complexity index is 564. The SMILES string of the molecule is Cc1nc(CC(NN)C2Cc3ccccc3S2)sc1C. The number of benzene rings is 1. The van der Waals surface area contributed by atoms with Gasteiger partial charge in [-0.15, -0.1) is 23.1 Å². The van der Waals surface area contributed by atoms with Gasteiger partial charge in [-0.05, 0) is 31.9 Å². The van der Waals surface area contributed by atoms with Crippen molar-refractivity contribution < 1.29 is 0 Å². The van der Waals surface area contributed by atoms with E-state index in [1.54, 1.807) is 11.3 Å². The molecule has 3 rings (SSSR count). The van der Waals surface area contributed by atoms with Gasteiger partial charge in [0.2, 0.25) is 0 Å². The lowest BCUT2D eigenvalue weighted by Crippen LogP contribution is -2.44. The van der Waals surface area contributed by atoms with Gasteiger partial charge in [0.1, 0.15) is 0 Å². The number of rotatable bonds is 4. The van der Waals surface area contributed by atoms with Crippen molar-refractivity contribution in [2.75, 3.05) is 0 Å². The Balaban J connectivity index is 1.72. The molecule has 106 valence electrons. The molecule has 0 aliphatic carbocycles. The molecule has 0 bridgehead atoms. The first-order chi connectivity index (χ1) is 9.67. The first-order valence-corrected chi connectivity index (χ1v) is 8.50. The van der Waals surface area contributed by atoms with Crippen LogP contribution < -0.4 is 11.3 Å². The molecule has 0 amide bonds. The van der Waals surface area contributed by atoms with Gasteiger partial charge in [-0.25, -0.2) is 4.98 Å². The van der Waals surface area contributed by atoms with Crippen LogP contribution in [-0.4, -0.2) is 16.3 Å². The molecular weight excluding hydrogens is 286 g/mol. The molecule has 0 spiro atoms. The summed E-state index contributed by atoms with van der Waals surface area (Å²) in [5, 5.41) is 1.67. The van der Waals surface area contributed by atoms with Crippen molar-refractivity contribution in [1.29, 1.82) is 0 Å². The molecule has 1 aliphatic heterocycles. The van der Waals surface area contributed by atoms with E-state index >= 15 is 0 Å². The third-order valence-electron chi connectivity index (χ3n) is 3.80. The highest BCUT2D eigenvalue weighted by Crippen LogP contribution is 2.39. The fourth-order valence-corrected chi connectivity index (χ4v) is 4.93. The van der Waals surface area contributed by atoms with Crippen LogP contribution in [0.4, 0.5) is 0 Å². The number of thioether (sulfide) groups is 1. The summed E-state index contributed by atoms with van der Waals surface area (Å²) in [6.45, 7) is 4.20. The number of fused-ring (bicyclic) bond motifs is 1. The maximum Gasteiger partial charge on any atom is 0.0947 e. The number of nitrogens with two attached hydrogens (primary N) is 1. The van der Waals surface area contributed by atoms with Crippen LogP contribution in [0.1, 0.15) is 21.1 Å². The van der Waals surface area contributed by atoms with Gasteiger partial charge in [-0.3, -0.25) is 11.3 Å². The fourth-order valence-electron chi connectivity index (χ4n) is 2.55. The van der Waals surface area contributed by atoms with E-state index in [0.717, 1.165) is 18.5 Å². The number of aromatic nitrogens is 1. The van der Waals surface area contributed by atoms with Crippen LogP contribution >= 0.6 is 23.1 Å². The standard InChI is InChI=1S/C15H19N3S2/c1-9-10(2)19-15(17-9)8-12(18-16)14-7-11-5-3-4-6-13(11)20-14/h3-6,12,14,18H,7-8,16H2,1-2H3. The van der Waals surface area contributed by atoms with E-state index in [1.807, 2.05) is 11.8 Å². The summed E-state index contributed by atoms with van der Waals surface area (Å²) >= 11 is 3.72. The van der Waals surface area contributed by atoms with Gasteiger partial charge < -0.3 is 0 Å². The molecule has 2 aromatic rings. The first kappa shape index (κ1) is 14.1. The zero-order valence-electron chi connectivity index (χ0n) is 11.7. The Hall–Kier alpha value is -0.880. The summed E-state index contributed by atoms with van der Waals surface area (Å²) in [7, 11) is 0. The number of hydrazine groups is 1. The van der Waals surface area contributed by atoms with Gasteiger partial charge in [-0.1, -0.05) is 18.2 Å². The van der Waals surface area contributed by atoms with Gasteiger partial charge in [0.15, 0.2) is 0 Å². The lowest BCUT2D eigenvalue weighted by Gasteiger charge is -2.20. The number of nitrogens with one attached hydrogen (secondary N) is 1. The van der Waals surface area contributed by atoms with Crippen LogP contribution in [0.2, 0.25) is 0 Å². The molecule has 3 nitrogen and oxygen atoms in total. The molecule has 3 N–H and O–H groups in total. The third kappa shape index (κ3) is 2.76. The fraction of sp³-hybridized carbons (Fsp3) is 0.400. The van der Waals surface area contributed by atoms with Crippen LogP contribution in [0.15, 0.2) is 29.2 Å². The van der Waals surface area contributed by atoms with Crippen molar-refractivity contribution in [2.45, 2.75) is 42.9 Å². The van der Waals surface area contributed by atoms with Crippen molar-refractivity contribution >= 4 is 23.1 Å². The summed E-state index contributed by atoms with van der Waals surface area (Å²) in [5.74, 6) is 5.79. The molecular formula is C15H19N3S2. The molecule has 0 saturated carbocycles. The molecule has 0 radical (unpaired) electrons.